The van der Waals surface area contributed by atoms with E-state index < -0.39 is 33.4 Å². The third-order valence-corrected chi connectivity index (χ3v) is 6.09. The van der Waals surface area contributed by atoms with Crippen molar-refractivity contribution >= 4 is 44.9 Å². The predicted molar refractivity (Wildman–Crippen MR) is 99.3 cm³/mol. The Morgan fingerprint density at radius 3 is 2.21 bits per heavy atom. The Hall–Kier alpha value is -1.97. The largest absolute Gasteiger partial charge is 0.481 e. The number of carboxylic acids is 1. The molecule has 0 saturated carbocycles. The molecule has 0 atom stereocenters. The SMILES string of the molecule is O=C(O)CCCN(c1cc(C(F)(F)F)ccc1Cl)S(=O)(=O)c1ccc(Cl)cc1. The van der Waals surface area contributed by atoms with E-state index in [4.69, 9.17) is 28.3 Å². The Morgan fingerprint density at radius 1 is 1.07 bits per heavy atom. The average molecular weight is 456 g/mol. The maximum Gasteiger partial charge on any atom is 0.416 e. The van der Waals surface area contributed by atoms with E-state index in [0.717, 1.165) is 12.1 Å². The Balaban J connectivity index is 2.56. The molecule has 0 amide bonds. The second-order valence-corrected chi connectivity index (χ2v) is 8.40. The van der Waals surface area contributed by atoms with Crippen LogP contribution in [-0.4, -0.2) is 26.0 Å². The second kappa shape index (κ2) is 8.59. The number of halogens is 5. The molecule has 0 aliphatic carbocycles. The summed E-state index contributed by atoms with van der Waals surface area (Å²) in [6, 6.07) is 7.33. The van der Waals surface area contributed by atoms with Crippen LogP contribution in [0.5, 0.6) is 0 Å². The number of benzene rings is 2. The average Bonchev–Trinajstić information content (AvgIpc) is 2.58. The molecule has 2 rings (SSSR count). The van der Waals surface area contributed by atoms with Gasteiger partial charge in [-0.2, -0.15) is 13.2 Å². The van der Waals surface area contributed by atoms with E-state index in [2.05, 4.69) is 0 Å². The minimum atomic E-state index is -4.71. The lowest BCUT2D eigenvalue weighted by atomic mass is 10.2. The summed E-state index contributed by atoms with van der Waals surface area (Å²) in [5.74, 6) is -1.17. The number of hydrogen-bond acceptors (Lipinski definition) is 3. The fourth-order valence-electron chi connectivity index (χ4n) is 2.36. The maximum atomic E-state index is 13.1. The number of nitrogens with zero attached hydrogens (tertiary/aromatic N) is 1. The van der Waals surface area contributed by atoms with Crippen LogP contribution in [0.25, 0.3) is 0 Å². The van der Waals surface area contributed by atoms with Crippen molar-refractivity contribution < 1.29 is 31.5 Å². The van der Waals surface area contributed by atoms with Crippen LogP contribution in [0.15, 0.2) is 47.4 Å². The number of rotatable bonds is 7. The molecule has 5 nitrogen and oxygen atoms in total. The van der Waals surface area contributed by atoms with Gasteiger partial charge in [0.05, 0.1) is 21.2 Å². The Morgan fingerprint density at radius 2 is 1.68 bits per heavy atom. The zero-order valence-corrected chi connectivity index (χ0v) is 16.4. The molecule has 0 radical (unpaired) electrons. The molecule has 28 heavy (non-hydrogen) atoms. The summed E-state index contributed by atoms with van der Waals surface area (Å²) in [7, 11) is -4.32. The number of aliphatic carboxylic acids is 1. The van der Waals surface area contributed by atoms with E-state index in [-0.39, 0.29) is 34.3 Å². The molecule has 11 heteroatoms. The molecule has 2 aromatic carbocycles. The highest BCUT2D eigenvalue weighted by Crippen LogP contribution is 2.37. The summed E-state index contributed by atoms with van der Waals surface area (Å²) >= 11 is 11.7. The molecular weight excluding hydrogens is 442 g/mol. The molecule has 0 heterocycles. The molecule has 152 valence electrons. The molecule has 0 aliphatic heterocycles. The number of alkyl halides is 3. The van der Waals surface area contributed by atoms with Crippen molar-refractivity contribution in [2.75, 3.05) is 10.8 Å². The molecule has 1 N–H and O–H groups in total. The van der Waals surface area contributed by atoms with Crippen molar-refractivity contribution in [3.05, 3.63) is 58.1 Å². The first-order chi connectivity index (χ1) is 12.9. The van der Waals surface area contributed by atoms with E-state index in [1.54, 1.807) is 0 Å². The molecule has 0 spiro atoms. The van der Waals surface area contributed by atoms with Gasteiger partial charge in [0.1, 0.15) is 0 Å². The van der Waals surface area contributed by atoms with Gasteiger partial charge in [-0.15, -0.1) is 0 Å². The lowest BCUT2D eigenvalue weighted by molar-refractivity contribution is -0.138. The second-order valence-electron chi connectivity index (χ2n) is 5.69. The van der Waals surface area contributed by atoms with Gasteiger partial charge in [0.15, 0.2) is 0 Å². The van der Waals surface area contributed by atoms with Crippen molar-refractivity contribution in [2.45, 2.75) is 23.9 Å². The molecule has 0 fully saturated rings. The first-order valence-electron chi connectivity index (χ1n) is 7.80. The van der Waals surface area contributed by atoms with Crippen molar-refractivity contribution in [1.82, 2.24) is 0 Å². The van der Waals surface area contributed by atoms with Crippen LogP contribution in [0.1, 0.15) is 18.4 Å². The van der Waals surface area contributed by atoms with Gasteiger partial charge >= 0.3 is 12.1 Å². The number of carbonyl (C=O) groups is 1. The minimum absolute atomic E-state index is 0.130. The molecule has 2 aromatic rings. The summed E-state index contributed by atoms with van der Waals surface area (Å²) in [6.45, 7) is -0.377. The number of carboxylic acid groups (broad SMARTS) is 1. The van der Waals surface area contributed by atoms with Gasteiger partial charge in [-0.25, -0.2) is 8.42 Å². The van der Waals surface area contributed by atoms with Gasteiger partial charge in [-0.05, 0) is 48.9 Å². The molecule has 0 saturated heterocycles. The molecule has 0 aromatic heterocycles. The third-order valence-electron chi connectivity index (χ3n) is 3.70. The Labute approximate surface area is 169 Å². The molecular formula is C17H14Cl2F3NO4S. The summed E-state index contributed by atoms with van der Waals surface area (Å²) in [5.41, 5.74) is -1.47. The fraction of sp³-hybridized carbons (Fsp3) is 0.235. The lowest BCUT2D eigenvalue weighted by Crippen LogP contribution is -2.33. The Bertz CT molecular complexity index is 963. The zero-order chi connectivity index (χ0) is 21.1. The predicted octanol–water partition coefficient (Wildman–Crippen LogP) is 5.07. The summed E-state index contributed by atoms with van der Waals surface area (Å²) in [6.07, 6.45) is -5.21. The van der Waals surface area contributed by atoms with Gasteiger partial charge in [0.2, 0.25) is 0 Å². The highest BCUT2D eigenvalue weighted by Gasteiger charge is 2.33. The Kier molecular flexibility index (Phi) is 6.84. The zero-order valence-electron chi connectivity index (χ0n) is 14.1. The minimum Gasteiger partial charge on any atom is -0.481 e. The summed E-state index contributed by atoms with van der Waals surface area (Å²) in [4.78, 5) is 10.5. The fourth-order valence-corrected chi connectivity index (χ4v) is 4.27. The van der Waals surface area contributed by atoms with Crippen LogP contribution < -0.4 is 4.31 Å². The van der Waals surface area contributed by atoms with Crippen molar-refractivity contribution in [1.29, 1.82) is 0 Å². The van der Waals surface area contributed by atoms with Crippen LogP contribution in [-0.2, 0) is 21.0 Å². The smallest absolute Gasteiger partial charge is 0.416 e. The van der Waals surface area contributed by atoms with Gasteiger partial charge in [0, 0.05) is 18.0 Å². The van der Waals surface area contributed by atoms with Gasteiger partial charge in [-0.1, -0.05) is 23.2 Å². The van der Waals surface area contributed by atoms with Crippen LogP contribution in [0.3, 0.4) is 0 Å². The first-order valence-corrected chi connectivity index (χ1v) is 9.99. The lowest BCUT2D eigenvalue weighted by Gasteiger charge is -2.26. The number of anilines is 1. The van der Waals surface area contributed by atoms with Crippen LogP contribution in [0.2, 0.25) is 10.0 Å². The molecule has 0 unspecified atom stereocenters. The highest BCUT2D eigenvalue weighted by molar-refractivity contribution is 7.92. The monoisotopic (exact) mass is 455 g/mol. The third kappa shape index (κ3) is 5.30. The van der Waals surface area contributed by atoms with E-state index >= 15 is 0 Å². The normalized spacial score (nSPS) is 12.0. The number of sulfonamides is 1. The standard InChI is InChI=1S/C17H14Cl2F3NO4S/c18-12-4-6-13(7-5-12)28(26,27)23(9-1-2-16(24)25)15-10-11(17(20,21)22)3-8-14(15)19/h3-8,10H,1-2,9H2,(H,24,25). The maximum absolute atomic E-state index is 13.1. The van der Waals surface area contributed by atoms with Crippen LogP contribution in [0, 0.1) is 0 Å². The van der Waals surface area contributed by atoms with E-state index in [1.807, 2.05) is 0 Å². The first kappa shape index (κ1) is 22.3. The topological polar surface area (TPSA) is 74.7 Å². The van der Waals surface area contributed by atoms with Crippen LogP contribution >= 0.6 is 23.2 Å². The summed E-state index contributed by atoms with van der Waals surface area (Å²) in [5, 5.41) is 8.85. The van der Waals surface area contributed by atoms with E-state index in [0.29, 0.717) is 10.4 Å². The number of hydrogen-bond donors (Lipinski definition) is 1. The van der Waals surface area contributed by atoms with Crippen molar-refractivity contribution in [3.8, 4) is 0 Å². The highest BCUT2D eigenvalue weighted by atomic mass is 35.5. The van der Waals surface area contributed by atoms with E-state index in [1.165, 1.54) is 24.3 Å². The molecule has 0 bridgehead atoms. The molecule has 0 aliphatic rings. The van der Waals surface area contributed by atoms with Crippen molar-refractivity contribution in [3.63, 3.8) is 0 Å². The van der Waals surface area contributed by atoms with Crippen molar-refractivity contribution in [2.24, 2.45) is 0 Å². The van der Waals surface area contributed by atoms with E-state index in [9.17, 15) is 26.4 Å². The quantitative estimate of drug-likeness (QED) is 0.631. The van der Waals surface area contributed by atoms with Gasteiger partial charge in [-0.3, -0.25) is 9.10 Å². The van der Waals surface area contributed by atoms with Gasteiger partial charge < -0.3 is 5.11 Å². The van der Waals surface area contributed by atoms with Gasteiger partial charge in [0.25, 0.3) is 10.0 Å². The van der Waals surface area contributed by atoms with Crippen LogP contribution in [0.4, 0.5) is 18.9 Å². The summed E-state index contributed by atoms with van der Waals surface area (Å²) < 4.78 is 66.0.